The Kier molecular flexibility index (Phi) is 4.88. The number of carbonyl (C=O) groups is 1. The smallest absolute Gasteiger partial charge is 0.229 e. The molecule has 2 unspecified atom stereocenters. The van der Waals surface area contributed by atoms with Gasteiger partial charge in [-0.25, -0.2) is 0 Å². The number of nitrogens with zero attached hydrogens (tertiary/aromatic N) is 1. The number of morpholine rings is 1. The highest BCUT2D eigenvalue weighted by atomic mass is 32.2. The number of rotatable bonds is 3. The third kappa shape index (κ3) is 3.51. The van der Waals surface area contributed by atoms with Gasteiger partial charge in [0.05, 0.1) is 18.6 Å². The van der Waals surface area contributed by atoms with E-state index in [0.717, 1.165) is 5.56 Å². The van der Waals surface area contributed by atoms with Crippen LogP contribution < -0.4 is 0 Å². The molecule has 104 valence electrons. The highest BCUT2D eigenvalue weighted by molar-refractivity contribution is 7.98. The summed E-state index contributed by atoms with van der Waals surface area (Å²) in [5, 5.41) is 0. The molecule has 0 aliphatic carbocycles. The Balaban J connectivity index is 2.05. The van der Waals surface area contributed by atoms with Crippen molar-refractivity contribution in [2.75, 3.05) is 26.0 Å². The van der Waals surface area contributed by atoms with Gasteiger partial charge in [-0.2, -0.15) is 0 Å². The Labute approximate surface area is 119 Å². The summed E-state index contributed by atoms with van der Waals surface area (Å²) < 4.78 is 5.48. The van der Waals surface area contributed by atoms with E-state index in [2.05, 4.69) is 30.5 Å². The molecular weight excluding hydrogens is 258 g/mol. The van der Waals surface area contributed by atoms with Crippen molar-refractivity contribution in [2.24, 2.45) is 0 Å². The van der Waals surface area contributed by atoms with E-state index in [9.17, 15) is 4.79 Å². The third-order valence-corrected chi connectivity index (χ3v) is 4.28. The molecule has 2 atom stereocenters. The van der Waals surface area contributed by atoms with Gasteiger partial charge in [0.1, 0.15) is 0 Å². The number of hydrogen-bond acceptors (Lipinski definition) is 3. The van der Waals surface area contributed by atoms with Crippen molar-refractivity contribution in [1.82, 2.24) is 4.90 Å². The van der Waals surface area contributed by atoms with Crippen LogP contribution >= 0.6 is 11.8 Å². The minimum absolute atomic E-state index is 0.0822. The first-order valence-corrected chi connectivity index (χ1v) is 7.88. The molecule has 0 radical (unpaired) electrons. The second kappa shape index (κ2) is 6.44. The first-order chi connectivity index (χ1) is 9.11. The molecule has 4 heteroatoms. The fraction of sp³-hybridized carbons (Fsp3) is 0.533. The molecule has 0 aromatic heterocycles. The summed E-state index contributed by atoms with van der Waals surface area (Å²) in [7, 11) is 0. The van der Waals surface area contributed by atoms with E-state index in [-0.39, 0.29) is 17.9 Å². The van der Waals surface area contributed by atoms with Crippen LogP contribution in [-0.4, -0.2) is 42.9 Å². The van der Waals surface area contributed by atoms with Gasteiger partial charge in [0, 0.05) is 18.0 Å². The van der Waals surface area contributed by atoms with Gasteiger partial charge in [0.15, 0.2) is 0 Å². The van der Waals surface area contributed by atoms with Gasteiger partial charge in [0.25, 0.3) is 0 Å². The third-order valence-electron chi connectivity index (χ3n) is 3.54. The highest BCUT2D eigenvalue weighted by Gasteiger charge is 2.26. The summed E-state index contributed by atoms with van der Waals surface area (Å²) >= 11 is 1.71. The molecule has 3 nitrogen and oxygen atoms in total. The van der Waals surface area contributed by atoms with Crippen molar-refractivity contribution in [1.29, 1.82) is 0 Å². The minimum atomic E-state index is -0.0822. The van der Waals surface area contributed by atoms with E-state index in [1.54, 1.807) is 11.8 Å². The SMILES string of the molecule is CSc1ccc(C(C)C(=O)N2CCOC(C)C2)cc1. The van der Waals surface area contributed by atoms with E-state index >= 15 is 0 Å². The van der Waals surface area contributed by atoms with E-state index in [1.807, 2.05) is 18.7 Å². The van der Waals surface area contributed by atoms with E-state index < -0.39 is 0 Å². The summed E-state index contributed by atoms with van der Waals surface area (Å²) in [5.74, 6) is 0.119. The Morgan fingerprint density at radius 1 is 1.42 bits per heavy atom. The minimum Gasteiger partial charge on any atom is -0.375 e. The molecule has 1 fully saturated rings. The number of hydrogen-bond donors (Lipinski definition) is 0. The van der Waals surface area contributed by atoms with Gasteiger partial charge in [-0.3, -0.25) is 4.79 Å². The number of ether oxygens (including phenoxy) is 1. The largest absolute Gasteiger partial charge is 0.375 e. The molecule has 1 aromatic carbocycles. The highest BCUT2D eigenvalue weighted by Crippen LogP contribution is 2.22. The number of amides is 1. The molecule has 2 rings (SSSR count). The second-order valence-electron chi connectivity index (χ2n) is 4.96. The molecule has 0 bridgehead atoms. The summed E-state index contributed by atoms with van der Waals surface area (Å²) in [6.45, 7) is 6.04. The van der Waals surface area contributed by atoms with Crippen molar-refractivity contribution in [3.8, 4) is 0 Å². The van der Waals surface area contributed by atoms with Gasteiger partial charge in [-0.1, -0.05) is 12.1 Å². The average Bonchev–Trinajstić information content (AvgIpc) is 2.46. The zero-order chi connectivity index (χ0) is 13.8. The summed E-state index contributed by atoms with van der Waals surface area (Å²) in [4.78, 5) is 15.6. The maximum atomic E-state index is 12.5. The lowest BCUT2D eigenvalue weighted by molar-refractivity contribution is -0.139. The molecule has 0 saturated carbocycles. The quantitative estimate of drug-likeness (QED) is 0.797. The van der Waals surface area contributed by atoms with Crippen LogP contribution in [0.1, 0.15) is 25.3 Å². The first kappa shape index (κ1) is 14.4. The van der Waals surface area contributed by atoms with Crippen LogP contribution in [0.2, 0.25) is 0 Å². The zero-order valence-electron chi connectivity index (χ0n) is 11.8. The van der Waals surface area contributed by atoms with E-state index in [1.165, 1.54) is 4.90 Å². The van der Waals surface area contributed by atoms with E-state index in [4.69, 9.17) is 4.74 Å². The summed E-state index contributed by atoms with van der Waals surface area (Å²) in [5.41, 5.74) is 1.09. The average molecular weight is 279 g/mol. The molecule has 1 amide bonds. The van der Waals surface area contributed by atoms with Crippen LogP contribution in [0.5, 0.6) is 0 Å². The zero-order valence-corrected chi connectivity index (χ0v) is 12.6. The monoisotopic (exact) mass is 279 g/mol. The maximum Gasteiger partial charge on any atom is 0.229 e. The molecule has 19 heavy (non-hydrogen) atoms. The fourth-order valence-electron chi connectivity index (χ4n) is 2.33. The first-order valence-electron chi connectivity index (χ1n) is 6.66. The lowest BCUT2D eigenvalue weighted by Gasteiger charge is -2.33. The van der Waals surface area contributed by atoms with Gasteiger partial charge < -0.3 is 9.64 Å². The Morgan fingerprint density at radius 2 is 2.11 bits per heavy atom. The van der Waals surface area contributed by atoms with Crippen molar-refractivity contribution >= 4 is 17.7 Å². The predicted molar refractivity (Wildman–Crippen MR) is 78.6 cm³/mol. The van der Waals surface area contributed by atoms with Crippen LogP contribution in [0.25, 0.3) is 0 Å². The van der Waals surface area contributed by atoms with Crippen molar-refractivity contribution in [3.05, 3.63) is 29.8 Å². The van der Waals surface area contributed by atoms with Gasteiger partial charge in [-0.05, 0) is 37.8 Å². The second-order valence-corrected chi connectivity index (χ2v) is 5.84. The van der Waals surface area contributed by atoms with Crippen LogP contribution in [0.4, 0.5) is 0 Å². The number of thioether (sulfide) groups is 1. The Bertz CT molecular complexity index is 432. The molecule has 0 spiro atoms. The standard InChI is InChI=1S/C15H21NO2S/c1-11-10-16(8-9-18-11)15(17)12(2)13-4-6-14(19-3)7-5-13/h4-7,11-12H,8-10H2,1-3H3. The van der Waals surface area contributed by atoms with Gasteiger partial charge in [0.2, 0.25) is 5.91 Å². The molecule has 1 saturated heterocycles. The van der Waals surface area contributed by atoms with Crippen molar-refractivity contribution < 1.29 is 9.53 Å². The Morgan fingerprint density at radius 3 is 2.68 bits per heavy atom. The molecule has 1 aliphatic rings. The molecular formula is C15H21NO2S. The topological polar surface area (TPSA) is 29.5 Å². The normalized spacial score (nSPS) is 21.2. The van der Waals surface area contributed by atoms with Crippen LogP contribution in [0, 0.1) is 0 Å². The number of benzene rings is 1. The van der Waals surface area contributed by atoms with Crippen molar-refractivity contribution in [3.63, 3.8) is 0 Å². The summed E-state index contributed by atoms with van der Waals surface area (Å²) in [6, 6.07) is 8.26. The Hall–Kier alpha value is -1.00. The summed E-state index contributed by atoms with van der Waals surface area (Å²) in [6.07, 6.45) is 2.20. The lowest BCUT2D eigenvalue weighted by Crippen LogP contribution is -2.46. The number of carbonyl (C=O) groups excluding carboxylic acids is 1. The van der Waals surface area contributed by atoms with Gasteiger partial charge in [-0.15, -0.1) is 11.8 Å². The van der Waals surface area contributed by atoms with Crippen LogP contribution in [-0.2, 0) is 9.53 Å². The van der Waals surface area contributed by atoms with Crippen LogP contribution in [0.3, 0.4) is 0 Å². The molecule has 1 heterocycles. The van der Waals surface area contributed by atoms with Crippen molar-refractivity contribution in [2.45, 2.75) is 30.8 Å². The predicted octanol–water partition coefficient (Wildman–Crippen LogP) is 2.76. The molecule has 1 aliphatic heterocycles. The van der Waals surface area contributed by atoms with Crippen LogP contribution in [0.15, 0.2) is 29.2 Å². The molecule has 0 N–H and O–H groups in total. The van der Waals surface area contributed by atoms with Gasteiger partial charge >= 0.3 is 0 Å². The lowest BCUT2D eigenvalue weighted by atomic mass is 9.99. The fourth-order valence-corrected chi connectivity index (χ4v) is 2.74. The van der Waals surface area contributed by atoms with E-state index in [0.29, 0.717) is 19.7 Å². The molecule has 1 aromatic rings. The maximum absolute atomic E-state index is 12.5.